The van der Waals surface area contributed by atoms with Gasteiger partial charge in [0.1, 0.15) is 0 Å². The average molecular weight is 270 g/mol. The summed E-state index contributed by atoms with van der Waals surface area (Å²) < 4.78 is 10.8. The van der Waals surface area contributed by atoms with Crippen molar-refractivity contribution in [1.82, 2.24) is 10.6 Å². The van der Waals surface area contributed by atoms with Crippen molar-refractivity contribution in [3.05, 3.63) is 0 Å². The molecule has 1 saturated carbocycles. The van der Waals surface area contributed by atoms with Crippen molar-refractivity contribution in [1.29, 1.82) is 0 Å². The van der Waals surface area contributed by atoms with Crippen molar-refractivity contribution in [3.63, 3.8) is 0 Å². The van der Waals surface area contributed by atoms with Crippen molar-refractivity contribution in [2.45, 2.75) is 44.8 Å². The molecule has 1 saturated heterocycles. The summed E-state index contributed by atoms with van der Waals surface area (Å²) in [7, 11) is 1.67. The molecule has 5 nitrogen and oxygen atoms in total. The van der Waals surface area contributed by atoms with Crippen molar-refractivity contribution < 1.29 is 14.3 Å². The molecule has 2 fully saturated rings. The highest BCUT2D eigenvalue weighted by molar-refractivity contribution is 5.83. The van der Waals surface area contributed by atoms with Crippen molar-refractivity contribution in [2.75, 3.05) is 33.4 Å². The Morgan fingerprint density at radius 2 is 2.05 bits per heavy atom. The minimum Gasteiger partial charge on any atom is -0.384 e. The van der Waals surface area contributed by atoms with E-state index in [4.69, 9.17) is 9.47 Å². The topological polar surface area (TPSA) is 59.6 Å². The van der Waals surface area contributed by atoms with E-state index in [0.717, 1.165) is 45.4 Å². The molecule has 0 bridgehead atoms. The number of hydrogen-bond acceptors (Lipinski definition) is 4. The number of piperidine rings is 1. The Balaban J connectivity index is 1.83. The van der Waals surface area contributed by atoms with Crippen molar-refractivity contribution in [3.8, 4) is 0 Å². The normalized spacial score (nSPS) is 29.6. The van der Waals surface area contributed by atoms with Crippen LogP contribution < -0.4 is 10.6 Å². The third kappa shape index (κ3) is 3.46. The lowest BCUT2D eigenvalue weighted by Crippen LogP contribution is -2.56. The van der Waals surface area contributed by atoms with Gasteiger partial charge < -0.3 is 20.1 Å². The summed E-state index contributed by atoms with van der Waals surface area (Å²) in [4.78, 5) is 12.5. The fourth-order valence-electron chi connectivity index (χ4n) is 3.01. The average Bonchev–Trinajstić information content (AvgIpc) is 2.37. The third-order valence-corrected chi connectivity index (χ3v) is 4.30. The van der Waals surface area contributed by atoms with Crippen LogP contribution in [0.15, 0.2) is 0 Å². The molecule has 19 heavy (non-hydrogen) atoms. The van der Waals surface area contributed by atoms with E-state index >= 15 is 0 Å². The SMILES string of the molecule is CCOC1CC(NC(=O)C2(COC)CCNCC2)C1. The Morgan fingerprint density at radius 1 is 1.37 bits per heavy atom. The second-order valence-corrected chi connectivity index (χ2v) is 5.68. The Morgan fingerprint density at radius 3 is 2.63 bits per heavy atom. The van der Waals surface area contributed by atoms with E-state index in [1.165, 1.54) is 0 Å². The number of amides is 1. The summed E-state index contributed by atoms with van der Waals surface area (Å²) in [5.41, 5.74) is -0.337. The molecule has 1 heterocycles. The summed E-state index contributed by atoms with van der Waals surface area (Å²) >= 11 is 0. The first-order chi connectivity index (χ1) is 9.20. The van der Waals surface area contributed by atoms with Crippen LogP contribution in [0.1, 0.15) is 32.6 Å². The highest BCUT2D eigenvalue weighted by Crippen LogP contribution is 2.31. The summed E-state index contributed by atoms with van der Waals surface area (Å²) in [5, 5.41) is 6.48. The largest absolute Gasteiger partial charge is 0.384 e. The van der Waals surface area contributed by atoms with Crippen LogP contribution in [0.4, 0.5) is 0 Å². The Labute approximate surface area is 115 Å². The van der Waals surface area contributed by atoms with Crippen LogP contribution in [0.5, 0.6) is 0 Å². The highest BCUT2D eigenvalue weighted by Gasteiger charge is 2.42. The summed E-state index contributed by atoms with van der Waals surface area (Å²) in [6.45, 7) is 5.06. The van der Waals surface area contributed by atoms with Crippen LogP contribution in [0.2, 0.25) is 0 Å². The number of hydrogen-bond donors (Lipinski definition) is 2. The van der Waals surface area contributed by atoms with Crippen LogP contribution in [-0.2, 0) is 14.3 Å². The molecule has 0 spiro atoms. The third-order valence-electron chi connectivity index (χ3n) is 4.30. The molecule has 1 amide bonds. The molecule has 2 N–H and O–H groups in total. The van der Waals surface area contributed by atoms with Crippen LogP contribution in [0, 0.1) is 5.41 Å². The predicted molar refractivity (Wildman–Crippen MR) is 73.0 cm³/mol. The lowest BCUT2D eigenvalue weighted by atomic mass is 9.77. The molecule has 0 aromatic heterocycles. The molecular formula is C14H26N2O3. The molecule has 0 atom stereocenters. The second kappa shape index (κ2) is 6.68. The molecule has 0 unspecified atom stereocenters. The summed E-state index contributed by atoms with van der Waals surface area (Å²) in [6, 6.07) is 0.285. The highest BCUT2D eigenvalue weighted by atomic mass is 16.5. The molecule has 1 aliphatic carbocycles. The van der Waals surface area contributed by atoms with Crippen LogP contribution in [0.25, 0.3) is 0 Å². The maximum atomic E-state index is 12.5. The minimum absolute atomic E-state index is 0.163. The van der Waals surface area contributed by atoms with E-state index in [1.807, 2.05) is 6.92 Å². The number of methoxy groups -OCH3 is 1. The quantitative estimate of drug-likeness (QED) is 0.745. The molecule has 2 aliphatic rings. The van der Waals surface area contributed by atoms with Gasteiger partial charge in [-0.25, -0.2) is 0 Å². The van der Waals surface area contributed by atoms with Gasteiger partial charge in [-0.2, -0.15) is 0 Å². The molecule has 110 valence electrons. The first-order valence-corrected chi connectivity index (χ1v) is 7.32. The predicted octanol–water partition coefficient (Wildman–Crippen LogP) is 0.686. The molecular weight excluding hydrogens is 244 g/mol. The van der Waals surface area contributed by atoms with E-state index in [2.05, 4.69) is 10.6 Å². The first kappa shape index (κ1) is 14.8. The van der Waals surface area contributed by atoms with Crippen LogP contribution >= 0.6 is 0 Å². The molecule has 0 aromatic rings. The minimum atomic E-state index is -0.337. The van der Waals surface area contributed by atoms with Crippen LogP contribution in [0.3, 0.4) is 0 Å². The Bertz CT molecular complexity index is 292. The smallest absolute Gasteiger partial charge is 0.228 e. The van der Waals surface area contributed by atoms with Gasteiger partial charge in [-0.05, 0) is 45.7 Å². The first-order valence-electron chi connectivity index (χ1n) is 7.32. The summed E-state index contributed by atoms with van der Waals surface area (Å²) in [5.74, 6) is 0.163. The zero-order valence-electron chi connectivity index (χ0n) is 12.0. The van der Waals surface area contributed by atoms with Crippen molar-refractivity contribution >= 4 is 5.91 Å². The van der Waals surface area contributed by atoms with Gasteiger partial charge in [0.05, 0.1) is 18.1 Å². The zero-order valence-corrected chi connectivity index (χ0v) is 12.0. The Hall–Kier alpha value is -0.650. The second-order valence-electron chi connectivity index (χ2n) is 5.68. The zero-order chi connectivity index (χ0) is 13.7. The fourth-order valence-corrected chi connectivity index (χ4v) is 3.01. The molecule has 1 aliphatic heterocycles. The molecule has 0 aromatic carbocycles. The van der Waals surface area contributed by atoms with Gasteiger partial charge in [-0.1, -0.05) is 0 Å². The molecule has 5 heteroatoms. The van der Waals surface area contributed by atoms with E-state index in [9.17, 15) is 4.79 Å². The van der Waals surface area contributed by atoms with Gasteiger partial charge in [-0.15, -0.1) is 0 Å². The van der Waals surface area contributed by atoms with Crippen molar-refractivity contribution in [2.24, 2.45) is 5.41 Å². The fraction of sp³-hybridized carbons (Fsp3) is 0.929. The van der Waals surface area contributed by atoms with E-state index in [0.29, 0.717) is 12.7 Å². The van der Waals surface area contributed by atoms with Gasteiger partial charge in [0.25, 0.3) is 0 Å². The van der Waals surface area contributed by atoms with E-state index in [1.54, 1.807) is 7.11 Å². The van der Waals surface area contributed by atoms with E-state index < -0.39 is 0 Å². The Kier molecular flexibility index (Phi) is 5.19. The van der Waals surface area contributed by atoms with Gasteiger partial charge in [0.2, 0.25) is 5.91 Å². The van der Waals surface area contributed by atoms with Gasteiger partial charge in [-0.3, -0.25) is 4.79 Å². The van der Waals surface area contributed by atoms with Crippen LogP contribution in [-0.4, -0.2) is 51.5 Å². The lowest BCUT2D eigenvalue weighted by Gasteiger charge is -2.40. The maximum absolute atomic E-state index is 12.5. The standard InChI is InChI=1S/C14H26N2O3/c1-3-19-12-8-11(9-12)16-13(17)14(10-18-2)4-6-15-7-5-14/h11-12,15H,3-10H2,1-2H3,(H,16,17). The number of ether oxygens (including phenoxy) is 2. The van der Waals surface area contributed by atoms with Gasteiger partial charge in [0, 0.05) is 19.8 Å². The monoisotopic (exact) mass is 270 g/mol. The number of carbonyl (C=O) groups excluding carboxylic acids is 1. The van der Waals surface area contributed by atoms with Gasteiger partial charge in [0.15, 0.2) is 0 Å². The van der Waals surface area contributed by atoms with Gasteiger partial charge >= 0.3 is 0 Å². The van der Waals surface area contributed by atoms with E-state index in [-0.39, 0.29) is 17.4 Å². The molecule has 2 rings (SSSR count). The maximum Gasteiger partial charge on any atom is 0.228 e. The number of carbonyl (C=O) groups is 1. The lowest BCUT2D eigenvalue weighted by molar-refractivity contribution is -0.138. The summed E-state index contributed by atoms with van der Waals surface area (Å²) in [6.07, 6.45) is 3.94. The number of nitrogens with one attached hydrogen (secondary N) is 2. The number of rotatable bonds is 6. The molecule has 0 radical (unpaired) electrons.